The van der Waals surface area contributed by atoms with Gasteiger partial charge in [-0.25, -0.2) is 0 Å². The fraction of sp³-hybridized carbons (Fsp3) is 0.235. The molecule has 1 aliphatic carbocycles. The normalized spacial score (nSPS) is 14.5. The minimum Gasteiger partial charge on any atom is -0.423 e. The first-order valence-corrected chi connectivity index (χ1v) is 7.63. The van der Waals surface area contributed by atoms with Crippen molar-refractivity contribution < 1.29 is 10.0 Å². The Balaban J connectivity index is 1.83. The lowest BCUT2D eigenvalue weighted by atomic mass is 9.79. The standard InChI is InChI=1S/C17H17BN2O2/c21-18(22)13-6-9-17-15(11-13)16(19-20(17)14-7-8-14)10-12-4-2-1-3-5-12/h1-6,9,11,14,21-22H,7-8,10H2. The lowest BCUT2D eigenvalue weighted by Gasteiger charge is -2.02. The largest absolute Gasteiger partial charge is 0.488 e. The Morgan fingerprint density at radius 1 is 1.09 bits per heavy atom. The molecule has 1 aliphatic rings. The van der Waals surface area contributed by atoms with E-state index in [0.717, 1.165) is 23.0 Å². The minimum absolute atomic E-state index is 0.497. The van der Waals surface area contributed by atoms with E-state index in [4.69, 9.17) is 5.10 Å². The number of benzene rings is 2. The molecular formula is C17H17BN2O2. The predicted octanol–water partition coefficient (Wildman–Crippen LogP) is 1.64. The van der Waals surface area contributed by atoms with Gasteiger partial charge < -0.3 is 10.0 Å². The van der Waals surface area contributed by atoms with Crippen molar-refractivity contribution in [3.8, 4) is 0 Å². The van der Waals surface area contributed by atoms with Gasteiger partial charge >= 0.3 is 7.12 Å². The molecule has 0 atom stereocenters. The minimum atomic E-state index is -1.45. The van der Waals surface area contributed by atoms with Gasteiger partial charge in [-0.05, 0) is 29.9 Å². The molecule has 4 nitrogen and oxygen atoms in total. The van der Waals surface area contributed by atoms with Gasteiger partial charge in [-0.3, -0.25) is 4.68 Å². The number of fused-ring (bicyclic) bond motifs is 1. The molecule has 2 N–H and O–H groups in total. The van der Waals surface area contributed by atoms with Crippen LogP contribution < -0.4 is 5.46 Å². The van der Waals surface area contributed by atoms with E-state index in [1.807, 2.05) is 30.3 Å². The van der Waals surface area contributed by atoms with Crippen LogP contribution in [0.1, 0.15) is 30.1 Å². The van der Waals surface area contributed by atoms with Crippen molar-refractivity contribution in [3.63, 3.8) is 0 Å². The van der Waals surface area contributed by atoms with E-state index < -0.39 is 7.12 Å². The van der Waals surface area contributed by atoms with Gasteiger partial charge in [-0.1, -0.05) is 42.5 Å². The number of nitrogens with zero attached hydrogens (tertiary/aromatic N) is 2. The van der Waals surface area contributed by atoms with E-state index in [1.165, 1.54) is 18.4 Å². The van der Waals surface area contributed by atoms with Gasteiger partial charge in [-0.15, -0.1) is 0 Å². The van der Waals surface area contributed by atoms with Crippen LogP contribution in [0.2, 0.25) is 0 Å². The van der Waals surface area contributed by atoms with Crippen LogP contribution in [0.25, 0.3) is 10.9 Å². The highest BCUT2D eigenvalue weighted by Crippen LogP contribution is 2.37. The molecule has 1 saturated carbocycles. The van der Waals surface area contributed by atoms with Crippen molar-refractivity contribution >= 4 is 23.5 Å². The fourth-order valence-corrected chi connectivity index (χ4v) is 2.90. The van der Waals surface area contributed by atoms with Crippen molar-refractivity contribution in [2.24, 2.45) is 0 Å². The summed E-state index contributed by atoms with van der Waals surface area (Å²) in [6, 6.07) is 16.3. The van der Waals surface area contributed by atoms with Gasteiger partial charge in [0.2, 0.25) is 0 Å². The summed E-state index contributed by atoms with van der Waals surface area (Å²) < 4.78 is 2.10. The maximum absolute atomic E-state index is 9.42. The van der Waals surface area contributed by atoms with Gasteiger partial charge in [0, 0.05) is 11.8 Å². The zero-order valence-corrected chi connectivity index (χ0v) is 12.2. The summed E-state index contributed by atoms with van der Waals surface area (Å²) in [5.74, 6) is 0. The Morgan fingerprint density at radius 2 is 1.86 bits per heavy atom. The SMILES string of the molecule is OB(O)c1ccc2c(c1)c(Cc1ccccc1)nn2C1CC1. The number of hydrogen-bond acceptors (Lipinski definition) is 3. The van der Waals surface area contributed by atoms with E-state index in [9.17, 15) is 10.0 Å². The van der Waals surface area contributed by atoms with Gasteiger partial charge in [0.15, 0.2) is 0 Å². The molecule has 1 aromatic heterocycles. The Kier molecular flexibility index (Phi) is 3.24. The van der Waals surface area contributed by atoms with Crippen LogP contribution in [0.15, 0.2) is 48.5 Å². The molecule has 1 heterocycles. The van der Waals surface area contributed by atoms with Crippen LogP contribution >= 0.6 is 0 Å². The molecule has 0 spiro atoms. The summed E-state index contributed by atoms with van der Waals surface area (Å²) in [4.78, 5) is 0. The van der Waals surface area contributed by atoms with Gasteiger partial charge in [-0.2, -0.15) is 5.10 Å². The monoisotopic (exact) mass is 292 g/mol. The number of rotatable bonds is 4. The van der Waals surface area contributed by atoms with Gasteiger partial charge in [0.25, 0.3) is 0 Å². The smallest absolute Gasteiger partial charge is 0.423 e. The zero-order valence-electron chi connectivity index (χ0n) is 12.2. The van der Waals surface area contributed by atoms with Crippen molar-refractivity contribution in [2.45, 2.75) is 25.3 Å². The summed E-state index contributed by atoms with van der Waals surface area (Å²) in [6.07, 6.45) is 3.10. The fourth-order valence-electron chi connectivity index (χ4n) is 2.90. The second kappa shape index (κ2) is 5.27. The first-order valence-electron chi connectivity index (χ1n) is 7.63. The highest BCUT2D eigenvalue weighted by molar-refractivity contribution is 6.58. The summed E-state index contributed by atoms with van der Waals surface area (Å²) in [5.41, 5.74) is 3.80. The molecule has 22 heavy (non-hydrogen) atoms. The first kappa shape index (κ1) is 13.6. The van der Waals surface area contributed by atoms with Crippen molar-refractivity contribution in [1.29, 1.82) is 0 Å². The number of aromatic nitrogens is 2. The topological polar surface area (TPSA) is 58.3 Å². The highest BCUT2D eigenvalue weighted by atomic mass is 16.4. The number of hydrogen-bond donors (Lipinski definition) is 2. The second-order valence-electron chi connectivity index (χ2n) is 5.94. The zero-order chi connectivity index (χ0) is 15.1. The molecule has 0 unspecified atom stereocenters. The van der Waals surface area contributed by atoms with Crippen molar-refractivity contribution in [1.82, 2.24) is 9.78 Å². The molecule has 0 radical (unpaired) electrons. The van der Waals surface area contributed by atoms with Crippen molar-refractivity contribution in [2.75, 3.05) is 0 Å². The molecule has 110 valence electrons. The molecule has 0 saturated heterocycles. The molecule has 1 fully saturated rings. The Labute approximate surface area is 129 Å². The lowest BCUT2D eigenvalue weighted by Crippen LogP contribution is -2.29. The second-order valence-corrected chi connectivity index (χ2v) is 5.94. The summed E-state index contributed by atoms with van der Waals surface area (Å²) in [5, 5.41) is 24.7. The van der Waals surface area contributed by atoms with Gasteiger partial charge in [0.05, 0.1) is 17.3 Å². The Hall–Kier alpha value is -2.11. The average Bonchev–Trinajstić information content (AvgIpc) is 3.32. The van der Waals surface area contributed by atoms with Crippen LogP contribution in [0, 0.1) is 0 Å². The third-order valence-electron chi connectivity index (χ3n) is 4.21. The third kappa shape index (κ3) is 2.43. The third-order valence-corrected chi connectivity index (χ3v) is 4.21. The average molecular weight is 292 g/mol. The molecule has 0 amide bonds. The quantitative estimate of drug-likeness (QED) is 0.719. The van der Waals surface area contributed by atoms with E-state index in [1.54, 1.807) is 6.07 Å². The maximum Gasteiger partial charge on any atom is 0.488 e. The Morgan fingerprint density at radius 3 is 2.55 bits per heavy atom. The van der Waals surface area contributed by atoms with Crippen LogP contribution in [0.4, 0.5) is 0 Å². The first-order chi connectivity index (χ1) is 10.7. The summed E-state index contributed by atoms with van der Waals surface area (Å²) >= 11 is 0. The van der Waals surface area contributed by atoms with Gasteiger partial charge in [0.1, 0.15) is 0 Å². The molecular weight excluding hydrogens is 275 g/mol. The van der Waals surface area contributed by atoms with E-state index in [2.05, 4.69) is 16.8 Å². The highest BCUT2D eigenvalue weighted by Gasteiger charge is 2.27. The maximum atomic E-state index is 9.42. The van der Waals surface area contributed by atoms with Crippen LogP contribution in [0.5, 0.6) is 0 Å². The van der Waals surface area contributed by atoms with E-state index in [-0.39, 0.29) is 0 Å². The van der Waals surface area contributed by atoms with Crippen molar-refractivity contribution in [3.05, 3.63) is 59.8 Å². The van der Waals surface area contributed by atoms with E-state index >= 15 is 0 Å². The van der Waals surface area contributed by atoms with Crippen LogP contribution in [-0.2, 0) is 6.42 Å². The van der Waals surface area contributed by atoms with E-state index in [0.29, 0.717) is 11.5 Å². The molecule has 0 bridgehead atoms. The summed E-state index contributed by atoms with van der Waals surface area (Å²) in [7, 11) is -1.45. The Bertz CT molecular complexity index is 810. The predicted molar refractivity (Wildman–Crippen MR) is 87.1 cm³/mol. The van der Waals surface area contributed by atoms with Crippen LogP contribution in [-0.4, -0.2) is 26.9 Å². The molecule has 3 aromatic rings. The lowest BCUT2D eigenvalue weighted by molar-refractivity contribution is 0.426. The molecule has 2 aromatic carbocycles. The molecule has 4 rings (SSSR count). The molecule has 5 heteroatoms. The van der Waals surface area contributed by atoms with Crippen LogP contribution in [0.3, 0.4) is 0 Å². The molecule has 0 aliphatic heterocycles. The summed E-state index contributed by atoms with van der Waals surface area (Å²) in [6.45, 7) is 0.